The van der Waals surface area contributed by atoms with E-state index in [1.807, 2.05) is 6.92 Å². The van der Waals surface area contributed by atoms with Crippen molar-refractivity contribution in [1.82, 2.24) is 9.97 Å². The Morgan fingerprint density at radius 1 is 1.15 bits per heavy atom. The second kappa shape index (κ2) is 10.1. The van der Waals surface area contributed by atoms with Crippen molar-refractivity contribution in [2.45, 2.75) is 38.0 Å². The van der Waals surface area contributed by atoms with Crippen molar-refractivity contribution in [2.75, 3.05) is 11.9 Å². The molecule has 0 amide bonds. The molecule has 0 fully saturated rings. The standard InChI is InChI=1S/C23H23F2N4O3S/c1-14-4-2-3-7-31-20-10-16(24)5-6-17(20)18-11-21(27-12-19(18)25)28-22-8-15(13-33(26)30)9-23(29-22)32-14/h5-6,8-12,14,26H,2-4,7,13H2,1H3,(H,27,28,29)/q-1/t14-/m1/s1. The number of nitrogens with zero attached hydrogens (tertiary/aromatic N) is 2. The second-order valence-electron chi connectivity index (χ2n) is 7.78. The second-order valence-corrected chi connectivity index (χ2v) is 8.76. The van der Waals surface area contributed by atoms with E-state index in [9.17, 15) is 13.0 Å². The van der Waals surface area contributed by atoms with E-state index in [0.29, 0.717) is 41.7 Å². The lowest BCUT2D eigenvalue weighted by Crippen LogP contribution is -2.14. The van der Waals surface area contributed by atoms with E-state index in [4.69, 9.17) is 14.3 Å². The molecule has 3 heterocycles. The molecule has 1 aromatic carbocycles. The molecule has 0 spiro atoms. The average Bonchev–Trinajstić information content (AvgIpc) is 2.74. The third-order valence-electron chi connectivity index (χ3n) is 5.09. The molecule has 0 saturated carbocycles. The van der Waals surface area contributed by atoms with Gasteiger partial charge in [-0.25, -0.2) is 13.8 Å². The number of aromatic nitrogens is 2. The summed E-state index contributed by atoms with van der Waals surface area (Å²) < 4.78 is 59.2. The van der Waals surface area contributed by atoms with Crippen LogP contribution < -0.4 is 14.8 Å². The molecule has 1 aliphatic rings. The Hall–Kier alpha value is -3.27. The van der Waals surface area contributed by atoms with Gasteiger partial charge in [-0.3, -0.25) is 0 Å². The van der Waals surface area contributed by atoms with Gasteiger partial charge in [0.2, 0.25) is 5.88 Å². The third-order valence-corrected chi connectivity index (χ3v) is 5.68. The van der Waals surface area contributed by atoms with Crippen LogP contribution in [0.25, 0.3) is 11.1 Å². The molecule has 1 atom stereocenters. The number of nitrogens with one attached hydrogen (secondary N) is 2. The highest BCUT2D eigenvalue weighted by Gasteiger charge is 2.16. The first kappa shape index (κ1) is 22.9. The lowest BCUT2D eigenvalue weighted by atomic mass is 10.0. The summed E-state index contributed by atoms with van der Waals surface area (Å²) in [5.74, 6) is 0.195. The first-order valence-corrected chi connectivity index (χ1v) is 11.8. The predicted octanol–water partition coefficient (Wildman–Crippen LogP) is 5.72. The summed E-state index contributed by atoms with van der Waals surface area (Å²) in [4.78, 5) is 8.53. The first-order chi connectivity index (χ1) is 15.9. The van der Waals surface area contributed by atoms with Crippen molar-refractivity contribution >= 4 is 22.2 Å². The number of anilines is 2. The summed E-state index contributed by atoms with van der Waals surface area (Å²) in [5.41, 5.74) is 1.22. The normalized spacial score (nSPS) is 16.3. The average molecular weight is 474 g/mol. The highest BCUT2D eigenvalue weighted by molar-refractivity contribution is 7.72. The van der Waals surface area contributed by atoms with Crippen LogP contribution in [0.5, 0.6) is 11.6 Å². The molecule has 2 N–H and O–H groups in total. The van der Waals surface area contributed by atoms with Gasteiger partial charge in [0.15, 0.2) is 0 Å². The number of hydrogen-bond donors (Lipinski definition) is 2. The zero-order valence-electron chi connectivity index (χ0n) is 17.9. The topological polar surface area (TPSA) is 97.2 Å². The summed E-state index contributed by atoms with van der Waals surface area (Å²) in [6.45, 7) is 2.26. The van der Waals surface area contributed by atoms with Gasteiger partial charge in [0, 0.05) is 23.3 Å². The van der Waals surface area contributed by atoms with Crippen molar-refractivity contribution in [2.24, 2.45) is 0 Å². The lowest BCUT2D eigenvalue weighted by molar-refractivity contribution is 0.194. The number of hydrogen-bond acceptors (Lipinski definition) is 8. The summed E-state index contributed by atoms with van der Waals surface area (Å²) >= 11 is 0. The van der Waals surface area contributed by atoms with E-state index < -0.39 is 22.2 Å². The van der Waals surface area contributed by atoms with Crippen LogP contribution in [0.3, 0.4) is 0 Å². The number of fused-ring (bicyclic) bond motifs is 6. The molecule has 0 saturated heterocycles. The van der Waals surface area contributed by atoms with Gasteiger partial charge in [-0.15, -0.1) is 0 Å². The number of ether oxygens (including phenoxy) is 2. The van der Waals surface area contributed by atoms with Crippen LogP contribution in [0.1, 0.15) is 31.7 Å². The summed E-state index contributed by atoms with van der Waals surface area (Å²) in [6.07, 6.45) is 3.15. The van der Waals surface area contributed by atoms with Crippen molar-refractivity contribution in [3.63, 3.8) is 0 Å². The van der Waals surface area contributed by atoms with Crippen LogP contribution in [-0.4, -0.2) is 22.7 Å². The maximum absolute atomic E-state index is 14.7. The summed E-state index contributed by atoms with van der Waals surface area (Å²) in [6, 6.07) is 8.77. The fourth-order valence-electron chi connectivity index (χ4n) is 3.58. The van der Waals surface area contributed by atoms with Crippen molar-refractivity contribution in [3.8, 4) is 22.8 Å². The maximum Gasteiger partial charge on any atom is 0.215 e. The zero-order valence-corrected chi connectivity index (χ0v) is 18.8. The van der Waals surface area contributed by atoms with Crippen molar-refractivity contribution in [3.05, 3.63) is 59.8 Å². The quantitative estimate of drug-likeness (QED) is 0.462. The molecule has 3 aromatic rings. The Labute approximate surface area is 192 Å². The SMILES string of the molecule is C[C@@H]1CCCCOc2cc(F)ccc2-c2cc(ncc2F)Nc2cc(C[S-](=N)=O)cc(n2)O1. The Balaban J connectivity index is 1.79. The van der Waals surface area contributed by atoms with E-state index in [2.05, 4.69) is 15.3 Å². The minimum absolute atomic E-state index is 0.0142. The van der Waals surface area contributed by atoms with Gasteiger partial charge in [-0.2, -0.15) is 15.6 Å². The molecule has 0 unspecified atom stereocenters. The van der Waals surface area contributed by atoms with E-state index in [-0.39, 0.29) is 23.2 Å². The first-order valence-electron chi connectivity index (χ1n) is 10.5. The van der Waals surface area contributed by atoms with Gasteiger partial charge in [-0.05, 0) is 50.5 Å². The van der Waals surface area contributed by atoms with Crippen LogP contribution in [-0.2, 0) is 20.6 Å². The Kier molecular flexibility index (Phi) is 7.02. The van der Waals surface area contributed by atoms with Gasteiger partial charge >= 0.3 is 0 Å². The number of halogens is 2. The zero-order chi connectivity index (χ0) is 23.4. The minimum Gasteiger partial charge on any atom is -0.493 e. The molecule has 0 radical (unpaired) electrons. The molecule has 7 nitrogen and oxygen atoms in total. The smallest absolute Gasteiger partial charge is 0.215 e. The predicted molar refractivity (Wildman–Crippen MR) is 121 cm³/mol. The minimum atomic E-state index is -1.80. The fraction of sp³-hybridized carbons (Fsp3) is 0.304. The van der Waals surface area contributed by atoms with Gasteiger partial charge in [0.05, 0.1) is 18.9 Å². The fourth-order valence-corrected chi connectivity index (χ4v) is 4.05. The van der Waals surface area contributed by atoms with Crippen LogP contribution in [0.4, 0.5) is 20.4 Å². The molecule has 4 bridgehead atoms. The molecule has 174 valence electrons. The number of benzene rings is 1. The van der Waals surface area contributed by atoms with E-state index >= 15 is 0 Å². The van der Waals surface area contributed by atoms with Gasteiger partial charge < -0.3 is 23.8 Å². The van der Waals surface area contributed by atoms with Crippen molar-refractivity contribution < 1.29 is 22.5 Å². The van der Waals surface area contributed by atoms with Gasteiger partial charge in [0.1, 0.15) is 29.0 Å². The molecule has 0 aliphatic carbocycles. The van der Waals surface area contributed by atoms with Crippen LogP contribution in [0.15, 0.2) is 42.6 Å². The van der Waals surface area contributed by atoms with Crippen LogP contribution >= 0.6 is 0 Å². The largest absolute Gasteiger partial charge is 0.493 e. The Morgan fingerprint density at radius 3 is 2.82 bits per heavy atom. The van der Waals surface area contributed by atoms with Crippen LogP contribution in [0, 0.1) is 16.4 Å². The Bertz CT molecular complexity index is 1230. The van der Waals surface area contributed by atoms with E-state index in [0.717, 1.165) is 19.0 Å². The monoisotopic (exact) mass is 473 g/mol. The van der Waals surface area contributed by atoms with E-state index in [1.165, 1.54) is 24.3 Å². The molecule has 33 heavy (non-hydrogen) atoms. The molecule has 10 heteroatoms. The third kappa shape index (κ3) is 5.95. The van der Waals surface area contributed by atoms with E-state index in [1.54, 1.807) is 12.1 Å². The van der Waals surface area contributed by atoms with Crippen molar-refractivity contribution in [1.29, 1.82) is 4.78 Å². The molecule has 4 rings (SSSR count). The highest BCUT2D eigenvalue weighted by Crippen LogP contribution is 2.34. The molecule has 2 aromatic heterocycles. The summed E-state index contributed by atoms with van der Waals surface area (Å²) in [5, 5.41) is 3.02. The maximum atomic E-state index is 14.7. The molecular weight excluding hydrogens is 450 g/mol. The van der Waals surface area contributed by atoms with Crippen LogP contribution in [0.2, 0.25) is 0 Å². The Morgan fingerprint density at radius 2 is 2.00 bits per heavy atom. The molecule has 1 aliphatic heterocycles. The molecular formula is C23H23F2N4O3S-. The lowest BCUT2D eigenvalue weighted by Gasteiger charge is -2.18. The highest BCUT2D eigenvalue weighted by atomic mass is 32.2. The van der Waals surface area contributed by atoms with Gasteiger partial charge in [-0.1, -0.05) is 11.3 Å². The summed E-state index contributed by atoms with van der Waals surface area (Å²) in [7, 11) is -1.80. The number of pyridine rings is 2. The van der Waals surface area contributed by atoms with Gasteiger partial charge in [0.25, 0.3) is 0 Å². The number of rotatable bonds is 2.